The second-order valence-electron chi connectivity index (χ2n) is 6.28. The van der Waals surface area contributed by atoms with E-state index in [1.807, 2.05) is 49.4 Å². The van der Waals surface area contributed by atoms with Crippen LogP contribution in [0.1, 0.15) is 15.9 Å². The Hall–Kier alpha value is -3.02. The number of benzene rings is 2. The fourth-order valence-electron chi connectivity index (χ4n) is 3.02. The summed E-state index contributed by atoms with van der Waals surface area (Å²) in [5, 5.41) is 2.93. The van der Waals surface area contributed by atoms with Crippen molar-refractivity contribution in [1.82, 2.24) is 4.90 Å². The predicted molar refractivity (Wildman–Crippen MR) is 102 cm³/mol. The highest BCUT2D eigenvalue weighted by Crippen LogP contribution is 2.23. The number of para-hydroxylation sites is 1. The van der Waals surface area contributed by atoms with Gasteiger partial charge in [0, 0.05) is 31.9 Å². The molecule has 1 aliphatic heterocycles. The zero-order chi connectivity index (χ0) is 18.5. The lowest BCUT2D eigenvalue weighted by Gasteiger charge is -2.36. The first-order valence-corrected chi connectivity index (χ1v) is 8.63. The van der Waals surface area contributed by atoms with Gasteiger partial charge in [-0.15, -0.1) is 0 Å². The van der Waals surface area contributed by atoms with Gasteiger partial charge in [-0.2, -0.15) is 0 Å². The van der Waals surface area contributed by atoms with Crippen molar-refractivity contribution < 1.29 is 14.3 Å². The number of urea groups is 1. The molecule has 3 rings (SSSR count). The number of hydrogen-bond donors (Lipinski definition) is 1. The number of piperazine rings is 1. The molecule has 0 unspecified atom stereocenters. The summed E-state index contributed by atoms with van der Waals surface area (Å²) < 4.78 is 4.86. The molecule has 6 nitrogen and oxygen atoms in total. The number of nitrogens with zero attached hydrogens (tertiary/aromatic N) is 2. The number of rotatable bonds is 3. The quantitative estimate of drug-likeness (QED) is 0.861. The smallest absolute Gasteiger partial charge is 0.339 e. The summed E-state index contributed by atoms with van der Waals surface area (Å²) in [5.74, 6) is -0.347. The third-order valence-corrected chi connectivity index (χ3v) is 4.52. The molecule has 1 N–H and O–H groups in total. The molecule has 2 amide bonds. The SMILES string of the molecule is COC(=O)c1ccccc1N1CCN(C(=O)Nc2ccc(C)cc2)CC1. The highest BCUT2D eigenvalue weighted by Gasteiger charge is 2.24. The molecule has 2 aromatic rings. The summed E-state index contributed by atoms with van der Waals surface area (Å²) in [7, 11) is 1.38. The fraction of sp³-hybridized carbons (Fsp3) is 0.300. The average molecular weight is 353 g/mol. The summed E-state index contributed by atoms with van der Waals surface area (Å²) in [4.78, 5) is 28.3. The Kier molecular flexibility index (Phi) is 5.41. The summed E-state index contributed by atoms with van der Waals surface area (Å²) in [6.45, 7) is 4.52. The van der Waals surface area contributed by atoms with Crippen LogP contribution in [0.2, 0.25) is 0 Å². The zero-order valence-corrected chi connectivity index (χ0v) is 15.1. The topological polar surface area (TPSA) is 61.9 Å². The van der Waals surface area contributed by atoms with Gasteiger partial charge in [-0.3, -0.25) is 0 Å². The fourth-order valence-corrected chi connectivity index (χ4v) is 3.02. The number of nitrogens with one attached hydrogen (secondary N) is 1. The molecular weight excluding hydrogens is 330 g/mol. The minimum absolute atomic E-state index is 0.102. The average Bonchev–Trinajstić information content (AvgIpc) is 2.69. The number of esters is 1. The van der Waals surface area contributed by atoms with E-state index in [0.29, 0.717) is 31.7 Å². The molecule has 0 aliphatic carbocycles. The number of aryl methyl sites for hydroxylation is 1. The molecule has 1 heterocycles. The Morgan fingerprint density at radius 2 is 1.62 bits per heavy atom. The number of anilines is 2. The minimum atomic E-state index is -0.347. The number of methoxy groups -OCH3 is 1. The lowest BCUT2D eigenvalue weighted by molar-refractivity contribution is 0.0601. The molecule has 1 fully saturated rings. The van der Waals surface area contributed by atoms with E-state index in [4.69, 9.17) is 4.74 Å². The second-order valence-corrected chi connectivity index (χ2v) is 6.28. The molecule has 6 heteroatoms. The summed E-state index contributed by atoms with van der Waals surface area (Å²) in [6, 6.07) is 15.0. The normalized spacial score (nSPS) is 14.1. The van der Waals surface area contributed by atoms with Crippen LogP contribution in [0, 0.1) is 6.92 Å². The molecule has 0 atom stereocenters. The third kappa shape index (κ3) is 3.96. The van der Waals surface area contributed by atoms with Crippen LogP contribution >= 0.6 is 0 Å². The molecule has 0 spiro atoms. The Morgan fingerprint density at radius 1 is 0.962 bits per heavy atom. The lowest BCUT2D eigenvalue weighted by Crippen LogP contribution is -2.50. The molecule has 2 aromatic carbocycles. The van der Waals surface area contributed by atoms with Gasteiger partial charge in [0.1, 0.15) is 0 Å². The van der Waals surface area contributed by atoms with E-state index in [9.17, 15) is 9.59 Å². The van der Waals surface area contributed by atoms with Crippen molar-refractivity contribution in [3.8, 4) is 0 Å². The molecule has 0 radical (unpaired) electrons. The van der Waals surface area contributed by atoms with Crippen LogP contribution in [0.25, 0.3) is 0 Å². The second kappa shape index (κ2) is 7.91. The van der Waals surface area contributed by atoms with Gasteiger partial charge >= 0.3 is 12.0 Å². The Morgan fingerprint density at radius 3 is 2.27 bits per heavy atom. The largest absolute Gasteiger partial charge is 0.465 e. The van der Waals surface area contributed by atoms with Gasteiger partial charge < -0.3 is 19.9 Å². The third-order valence-electron chi connectivity index (χ3n) is 4.52. The molecule has 136 valence electrons. The first kappa shape index (κ1) is 17.8. The van der Waals surface area contributed by atoms with E-state index in [1.54, 1.807) is 11.0 Å². The highest BCUT2D eigenvalue weighted by atomic mass is 16.5. The maximum Gasteiger partial charge on any atom is 0.339 e. The van der Waals surface area contributed by atoms with Crippen LogP contribution in [-0.2, 0) is 4.74 Å². The van der Waals surface area contributed by atoms with Crippen molar-refractivity contribution in [2.75, 3.05) is 43.5 Å². The van der Waals surface area contributed by atoms with Gasteiger partial charge in [-0.1, -0.05) is 29.8 Å². The van der Waals surface area contributed by atoms with Crippen molar-refractivity contribution in [2.45, 2.75) is 6.92 Å². The zero-order valence-electron chi connectivity index (χ0n) is 15.1. The van der Waals surface area contributed by atoms with Gasteiger partial charge in [-0.05, 0) is 31.2 Å². The maximum absolute atomic E-state index is 12.4. The highest BCUT2D eigenvalue weighted by molar-refractivity contribution is 5.96. The number of carbonyl (C=O) groups excluding carboxylic acids is 2. The summed E-state index contributed by atoms with van der Waals surface area (Å²) in [5.41, 5.74) is 3.34. The first-order chi connectivity index (χ1) is 12.6. The van der Waals surface area contributed by atoms with Crippen molar-refractivity contribution in [3.63, 3.8) is 0 Å². The van der Waals surface area contributed by atoms with Gasteiger partial charge in [0.15, 0.2) is 0 Å². The molecule has 0 bridgehead atoms. The Bertz CT molecular complexity index is 781. The first-order valence-electron chi connectivity index (χ1n) is 8.63. The van der Waals surface area contributed by atoms with Crippen LogP contribution in [0.5, 0.6) is 0 Å². The van der Waals surface area contributed by atoms with Crippen LogP contribution < -0.4 is 10.2 Å². The molecule has 1 aliphatic rings. The van der Waals surface area contributed by atoms with E-state index in [-0.39, 0.29) is 12.0 Å². The van der Waals surface area contributed by atoms with E-state index >= 15 is 0 Å². The number of carbonyl (C=O) groups is 2. The van der Waals surface area contributed by atoms with Gasteiger partial charge in [0.25, 0.3) is 0 Å². The van der Waals surface area contributed by atoms with E-state index < -0.39 is 0 Å². The van der Waals surface area contributed by atoms with Crippen LogP contribution in [0.15, 0.2) is 48.5 Å². The van der Waals surface area contributed by atoms with E-state index in [1.165, 1.54) is 7.11 Å². The van der Waals surface area contributed by atoms with Crippen molar-refractivity contribution >= 4 is 23.4 Å². The molecule has 0 saturated carbocycles. The standard InChI is InChI=1S/C20H23N3O3/c1-15-7-9-16(10-8-15)21-20(25)23-13-11-22(12-14-23)18-6-4-3-5-17(18)19(24)26-2/h3-10H,11-14H2,1-2H3,(H,21,25). The van der Waals surface area contributed by atoms with Crippen LogP contribution in [0.3, 0.4) is 0 Å². The molecule has 0 aromatic heterocycles. The van der Waals surface area contributed by atoms with Gasteiger partial charge in [-0.25, -0.2) is 9.59 Å². The van der Waals surface area contributed by atoms with E-state index in [0.717, 1.165) is 16.9 Å². The Balaban J connectivity index is 1.62. The van der Waals surface area contributed by atoms with Crippen molar-refractivity contribution in [3.05, 3.63) is 59.7 Å². The number of amides is 2. The Labute approximate surface area is 153 Å². The van der Waals surface area contributed by atoms with Crippen LogP contribution in [-0.4, -0.2) is 50.2 Å². The number of hydrogen-bond acceptors (Lipinski definition) is 4. The molecule has 26 heavy (non-hydrogen) atoms. The van der Waals surface area contributed by atoms with Gasteiger partial charge in [0.05, 0.1) is 18.4 Å². The lowest BCUT2D eigenvalue weighted by atomic mass is 10.1. The molecule has 1 saturated heterocycles. The minimum Gasteiger partial charge on any atom is -0.465 e. The maximum atomic E-state index is 12.4. The van der Waals surface area contributed by atoms with Crippen molar-refractivity contribution in [1.29, 1.82) is 0 Å². The van der Waals surface area contributed by atoms with Gasteiger partial charge in [0.2, 0.25) is 0 Å². The monoisotopic (exact) mass is 353 g/mol. The van der Waals surface area contributed by atoms with Crippen molar-refractivity contribution in [2.24, 2.45) is 0 Å². The predicted octanol–water partition coefficient (Wildman–Crippen LogP) is 3.14. The van der Waals surface area contributed by atoms with E-state index in [2.05, 4.69) is 10.2 Å². The summed E-state index contributed by atoms with van der Waals surface area (Å²) >= 11 is 0. The number of ether oxygens (including phenoxy) is 1. The summed E-state index contributed by atoms with van der Waals surface area (Å²) in [6.07, 6.45) is 0. The molecular formula is C20H23N3O3. The van der Waals surface area contributed by atoms with Crippen LogP contribution in [0.4, 0.5) is 16.2 Å².